The smallest absolute Gasteiger partial charge is 0.392 e. The highest BCUT2D eigenvalue weighted by Gasteiger charge is 2.36. The van der Waals surface area contributed by atoms with E-state index in [0.29, 0.717) is 11.3 Å². The van der Waals surface area contributed by atoms with Crippen LogP contribution in [0.1, 0.15) is 15.9 Å². The van der Waals surface area contributed by atoms with Crippen molar-refractivity contribution in [3.63, 3.8) is 0 Å². The predicted octanol–water partition coefficient (Wildman–Crippen LogP) is 4.80. The number of amides is 1. The lowest BCUT2D eigenvalue weighted by Gasteiger charge is -2.19. The Morgan fingerprint density at radius 3 is 2.47 bits per heavy atom. The van der Waals surface area contributed by atoms with Gasteiger partial charge in [0, 0.05) is 23.0 Å². The summed E-state index contributed by atoms with van der Waals surface area (Å²) in [6, 6.07) is 10.9. The van der Waals surface area contributed by atoms with Crippen LogP contribution in [-0.4, -0.2) is 33.5 Å². The largest absolute Gasteiger partial charge is 0.417 e. The maximum absolute atomic E-state index is 14.8. The average Bonchev–Trinajstić information content (AvgIpc) is 3.38. The van der Waals surface area contributed by atoms with Gasteiger partial charge in [0.25, 0.3) is 5.91 Å². The molecule has 0 radical (unpaired) electrons. The summed E-state index contributed by atoms with van der Waals surface area (Å²) < 4.78 is 55.6. The summed E-state index contributed by atoms with van der Waals surface area (Å²) in [5.41, 5.74) is -1.35. The molecule has 5 N–H and O–H groups in total. The lowest BCUT2D eigenvalue weighted by molar-refractivity contribution is -0.137. The fourth-order valence-corrected chi connectivity index (χ4v) is 3.52. The van der Waals surface area contributed by atoms with E-state index < -0.39 is 34.6 Å². The number of aliphatic hydroxyl groups is 1. The minimum absolute atomic E-state index is 0.00121. The molecular weight excluding hydrogens is 478 g/mol. The van der Waals surface area contributed by atoms with Gasteiger partial charge in [0.05, 0.1) is 29.1 Å². The molecule has 1 amide bonds. The predicted molar refractivity (Wildman–Crippen MR) is 126 cm³/mol. The molecule has 2 aromatic carbocycles. The van der Waals surface area contributed by atoms with Crippen LogP contribution in [0.15, 0.2) is 89.9 Å². The fraction of sp³-hybridized carbons (Fsp3) is 0.0800. The van der Waals surface area contributed by atoms with Gasteiger partial charge < -0.3 is 21.1 Å². The van der Waals surface area contributed by atoms with Crippen molar-refractivity contribution in [2.24, 2.45) is 0 Å². The molecule has 0 unspecified atom stereocenters. The van der Waals surface area contributed by atoms with Crippen LogP contribution in [0.4, 0.5) is 23.2 Å². The molecule has 1 aliphatic carbocycles. The third-order valence-corrected chi connectivity index (χ3v) is 5.25. The van der Waals surface area contributed by atoms with Gasteiger partial charge in [-0.15, -0.1) is 0 Å². The summed E-state index contributed by atoms with van der Waals surface area (Å²) >= 11 is 0. The quantitative estimate of drug-likeness (QED) is 0.315. The van der Waals surface area contributed by atoms with E-state index in [1.165, 1.54) is 24.4 Å². The van der Waals surface area contributed by atoms with Crippen LogP contribution < -0.4 is 10.6 Å². The summed E-state index contributed by atoms with van der Waals surface area (Å²) in [4.78, 5) is 13.1. The van der Waals surface area contributed by atoms with Crippen molar-refractivity contribution < 1.29 is 27.5 Å². The van der Waals surface area contributed by atoms with Crippen LogP contribution in [0, 0.1) is 11.2 Å². The number of alkyl halides is 3. The molecule has 0 aliphatic heterocycles. The maximum atomic E-state index is 14.8. The Labute approximate surface area is 202 Å². The SMILES string of the molecule is N=C1C=C(CO)C=C/C1=C(\NC(=O)c1cc(-c2cc[nH]n2)c(C(F)(F)F)cc1F)Nc1ccccc1. The number of hydrogen-bond acceptors (Lipinski definition) is 5. The van der Waals surface area contributed by atoms with Gasteiger partial charge in [0.15, 0.2) is 0 Å². The summed E-state index contributed by atoms with van der Waals surface area (Å²) in [5, 5.41) is 29.2. The number of anilines is 1. The topological polar surface area (TPSA) is 114 Å². The molecule has 11 heteroatoms. The van der Waals surface area contributed by atoms with Crippen molar-refractivity contribution in [3.05, 3.63) is 107 Å². The number of nitrogens with zero attached hydrogens (tertiary/aromatic N) is 1. The van der Waals surface area contributed by atoms with Crippen LogP contribution in [0.5, 0.6) is 0 Å². The van der Waals surface area contributed by atoms with Crippen LogP contribution >= 0.6 is 0 Å². The first-order valence-electron chi connectivity index (χ1n) is 10.5. The van der Waals surface area contributed by atoms with Crippen molar-refractivity contribution in [2.45, 2.75) is 6.18 Å². The van der Waals surface area contributed by atoms with E-state index in [1.807, 2.05) is 0 Å². The summed E-state index contributed by atoms with van der Waals surface area (Å²) in [6.07, 6.45) is 0.839. The fourth-order valence-electron chi connectivity index (χ4n) is 3.52. The molecular formula is C25H19F4N5O2. The molecule has 0 atom stereocenters. The number of nitrogens with one attached hydrogen (secondary N) is 4. The summed E-state index contributed by atoms with van der Waals surface area (Å²) in [6.45, 7) is -0.299. The lowest BCUT2D eigenvalue weighted by Crippen LogP contribution is -2.30. The van der Waals surface area contributed by atoms with E-state index in [9.17, 15) is 27.5 Å². The Kier molecular flexibility index (Phi) is 6.84. The zero-order valence-corrected chi connectivity index (χ0v) is 18.4. The van der Waals surface area contributed by atoms with Crippen LogP contribution in [0.3, 0.4) is 0 Å². The summed E-state index contributed by atoms with van der Waals surface area (Å²) in [7, 11) is 0. The number of benzene rings is 2. The van der Waals surface area contributed by atoms with Gasteiger partial charge in [-0.05, 0) is 48.1 Å². The highest BCUT2D eigenvalue weighted by Crippen LogP contribution is 2.38. The molecule has 184 valence electrons. The first-order chi connectivity index (χ1) is 17.2. The Bertz CT molecular complexity index is 1390. The van der Waals surface area contributed by atoms with Gasteiger partial charge in [-0.2, -0.15) is 18.3 Å². The van der Waals surface area contributed by atoms with E-state index >= 15 is 0 Å². The molecule has 1 aromatic heterocycles. The maximum Gasteiger partial charge on any atom is 0.417 e. The van der Waals surface area contributed by atoms with Crippen molar-refractivity contribution in [1.82, 2.24) is 15.5 Å². The van der Waals surface area contributed by atoms with Gasteiger partial charge in [-0.25, -0.2) is 4.39 Å². The van der Waals surface area contributed by atoms with Crippen molar-refractivity contribution in [2.75, 3.05) is 11.9 Å². The van der Waals surface area contributed by atoms with Gasteiger partial charge in [-0.1, -0.05) is 24.3 Å². The van der Waals surface area contributed by atoms with Crippen molar-refractivity contribution >= 4 is 17.3 Å². The molecule has 0 bridgehead atoms. The van der Waals surface area contributed by atoms with Gasteiger partial charge in [0.2, 0.25) is 0 Å². The number of carbonyl (C=O) groups excluding carboxylic acids is 1. The molecule has 0 saturated carbocycles. The first-order valence-corrected chi connectivity index (χ1v) is 10.5. The Hall–Kier alpha value is -4.51. The molecule has 1 heterocycles. The van der Waals surface area contributed by atoms with E-state index in [1.54, 1.807) is 36.4 Å². The number of halogens is 4. The molecule has 1 aliphatic rings. The molecule has 7 nitrogen and oxygen atoms in total. The van der Waals surface area contributed by atoms with Crippen LogP contribution in [0.25, 0.3) is 11.3 Å². The number of rotatable bonds is 6. The zero-order chi connectivity index (χ0) is 25.9. The Morgan fingerprint density at radius 1 is 1.11 bits per heavy atom. The molecule has 0 spiro atoms. The molecule has 4 rings (SSSR count). The second-order valence-electron chi connectivity index (χ2n) is 7.69. The van der Waals surface area contributed by atoms with Gasteiger partial charge >= 0.3 is 6.18 Å². The third kappa shape index (κ3) is 5.26. The minimum atomic E-state index is -4.88. The van der Waals surface area contributed by atoms with E-state index in [4.69, 9.17) is 5.41 Å². The second kappa shape index (κ2) is 10.0. The normalized spacial score (nSPS) is 14.9. The second-order valence-corrected chi connectivity index (χ2v) is 7.69. The first kappa shape index (κ1) is 24.6. The van der Waals surface area contributed by atoms with Crippen LogP contribution in [-0.2, 0) is 6.18 Å². The number of carbonyl (C=O) groups is 1. The van der Waals surface area contributed by atoms with E-state index in [-0.39, 0.29) is 35.5 Å². The minimum Gasteiger partial charge on any atom is -0.392 e. The van der Waals surface area contributed by atoms with E-state index in [2.05, 4.69) is 20.8 Å². The monoisotopic (exact) mass is 497 g/mol. The third-order valence-electron chi connectivity index (χ3n) is 5.25. The Balaban J connectivity index is 1.76. The van der Waals surface area contributed by atoms with Gasteiger partial charge in [0.1, 0.15) is 11.6 Å². The molecule has 36 heavy (non-hydrogen) atoms. The zero-order valence-electron chi connectivity index (χ0n) is 18.4. The highest BCUT2D eigenvalue weighted by atomic mass is 19.4. The number of aromatic nitrogens is 2. The highest BCUT2D eigenvalue weighted by molar-refractivity contribution is 6.11. The summed E-state index contributed by atoms with van der Waals surface area (Å²) in [5.74, 6) is -2.41. The number of para-hydroxylation sites is 1. The number of aliphatic hydroxyl groups excluding tert-OH is 1. The molecule has 0 saturated heterocycles. The number of aromatic amines is 1. The Morgan fingerprint density at radius 2 is 1.86 bits per heavy atom. The van der Waals surface area contributed by atoms with Gasteiger partial charge in [-0.3, -0.25) is 9.89 Å². The molecule has 0 fully saturated rings. The number of allylic oxidation sites excluding steroid dienone is 3. The standard InChI is InChI=1S/C25H19F4N5O2/c26-20-12-19(25(27,28)29)17(22-8-9-31-34-22)11-18(20)24(36)33-23(32-15-4-2-1-3-5-15)16-7-6-14(13-35)10-21(16)30/h1-12,30,32,35H,13H2,(H,31,34)(H,33,36)/b23-16+,30-21?. The van der Waals surface area contributed by atoms with Crippen LogP contribution in [0.2, 0.25) is 0 Å². The number of hydrogen-bond donors (Lipinski definition) is 5. The number of H-pyrrole nitrogens is 1. The average molecular weight is 497 g/mol. The lowest BCUT2D eigenvalue weighted by atomic mass is 9.99. The van der Waals surface area contributed by atoms with E-state index in [0.717, 1.165) is 6.07 Å². The molecule has 3 aromatic rings. The van der Waals surface area contributed by atoms with Crippen molar-refractivity contribution in [1.29, 1.82) is 5.41 Å². The van der Waals surface area contributed by atoms with Crippen molar-refractivity contribution in [3.8, 4) is 11.3 Å².